The molecule has 0 unspecified atom stereocenters. The average Bonchev–Trinajstić information content (AvgIpc) is 2.86. The number of aromatic hydroxyl groups is 1. The molecule has 35 heavy (non-hydrogen) atoms. The van der Waals surface area contributed by atoms with Crippen LogP contribution in [0.4, 0.5) is 0 Å². The molecule has 0 spiro atoms. The fourth-order valence-electron chi connectivity index (χ4n) is 4.88. The Morgan fingerprint density at radius 3 is 1.91 bits per heavy atom. The highest BCUT2D eigenvalue weighted by atomic mass is 16.3. The Morgan fingerprint density at radius 1 is 0.657 bits per heavy atom. The van der Waals surface area contributed by atoms with Crippen LogP contribution < -0.4 is 0 Å². The van der Waals surface area contributed by atoms with Gasteiger partial charge in [-0.1, -0.05) is 103 Å². The minimum absolute atomic E-state index is 0.313. The number of phenolic OH excluding ortho intramolecular Hbond substituents is 1. The van der Waals surface area contributed by atoms with Gasteiger partial charge in [-0.2, -0.15) is 0 Å². The van der Waals surface area contributed by atoms with E-state index in [1.165, 1.54) is 5.56 Å². The van der Waals surface area contributed by atoms with Gasteiger partial charge in [0.15, 0.2) is 0 Å². The second kappa shape index (κ2) is 9.60. The first-order valence-electron chi connectivity index (χ1n) is 12.0. The molecular weight excluding hydrogens is 426 g/mol. The van der Waals surface area contributed by atoms with Gasteiger partial charge in [0.1, 0.15) is 5.75 Å². The van der Waals surface area contributed by atoms with Crippen molar-refractivity contribution >= 4 is 16.5 Å². The number of rotatable bonds is 5. The van der Waals surface area contributed by atoms with Crippen LogP contribution in [0.2, 0.25) is 0 Å². The van der Waals surface area contributed by atoms with Crippen LogP contribution in [0.3, 0.4) is 0 Å². The van der Waals surface area contributed by atoms with Gasteiger partial charge in [-0.15, -0.1) is 0 Å². The second-order valence-corrected chi connectivity index (χ2v) is 9.20. The molecule has 0 amide bonds. The van der Waals surface area contributed by atoms with Gasteiger partial charge in [0.25, 0.3) is 0 Å². The lowest BCUT2D eigenvalue weighted by atomic mass is 9.88. The number of hydrogen-bond acceptors (Lipinski definition) is 2. The van der Waals surface area contributed by atoms with Crippen molar-refractivity contribution in [3.05, 3.63) is 137 Å². The molecule has 5 rings (SSSR count). The molecular formula is C33H29NO. The van der Waals surface area contributed by atoms with Crippen molar-refractivity contribution in [1.29, 1.82) is 0 Å². The van der Waals surface area contributed by atoms with Crippen molar-refractivity contribution in [3.63, 3.8) is 0 Å². The van der Waals surface area contributed by atoms with E-state index in [0.29, 0.717) is 12.3 Å². The van der Waals surface area contributed by atoms with E-state index in [1.807, 2.05) is 49.4 Å². The molecule has 0 aliphatic carbocycles. The highest BCUT2D eigenvalue weighted by Crippen LogP contribution is 2.40. The predicted molar refractivity (Wildman–Crippen MR) is 147 cm³/mol. The summed E-state index contributed by atoms with van der Waals surface area (Å²) in [7, 11) is 0. The first-order valence-corrected chi connectivity index (χ1v) is 12.0. The Balaban J connectivity index is 1.73. The lowest BCUT2D eigenvalue weighted by Gasteiger charge is -2.18. The van der Waals surface area contributed by atoms with Crippen molar-refractivity contribution in [3.8, 4) is 16.9 Å². The maximum atomic E-state index is 11.1. The van der Waals surface area contributed by atoms with Gasteiger partial charge >= 0.3 is 0 Å². The highest BCUT2D eigenvalue weighted by Gasteiger charge is 2.17. The van der Waals surface area contributed by atoms with E-state index in [-0.39, 0.29) is 0 Å². The van der Waals surface area contributed by atoms with Gasteiger partial charge in [0.2, 0.25) is 0 Å². The van der Waals surface area contributed by atoms with Crippen molar-refractivity contribution < 1.29 is 5.11 Å². The van der Waals surface area contributed by atoms with Crippen LogP contribution in [0.15, 0.2) is 108 Å². The van der Waals surface area contributed by atoms with Gasteiger partial charge < -0.3 is 5.11 Å². The number of nitrogens with zero attached hydrogens (tertiary/aromatic N) is 1. The normalized spacial score (nSPS) is 10.9. The topological polar surface area (TPSA) is 32.6 Å². The first-order chi connectivity index (χ1) is 17.0. The Morgan fingerprint density at radius 2 is 1.29 bits per heavy atom. The summed E-state index contributed by atoms with van der Waals surface area (Å²) in [5.41, 5.74) is 9.49. The third-order valence-electron chi connectivity index (χ3n) is 6.47. The lowest BCUT2D eigenvalue weighted by Crippen LogP contribution is -2.04. The van der Waals surface area contributed by atoms with E-state index in [0.717, 1.165) is 55.4 Å². The van der Waals surface area contributed by atoms with Crippen LogP contribution in [-0.4, -0.2) is 10.8 Å². The highest BCUT2D eigenvalue weighted by molar-refractivity contribution is 6.13. The fourth-order valence-corrected chi connectivity index (χ4v) is 4.88. The minimum atomic E-state index is 0.313. The molecule has 0 bridgehead atoms. The molecule has 0 aliphatic heterocycles. The Labute approximate surface area is 207 Å². The summed E-state index contributed by atoms with van der Waals surface area (Å²) >= 11 is 0. The maximum absolute atomic E-state index is 11.1. The van der Waals surface area contributed by atoms with Gasteiger partial charge in [-0.3, -0.25) is 4.99 Å². The number of benzene rings is 5. The third kappa shape index (κ3) is 4.61. The van der Waals surface area contributed by atoms with Gasteiger partial charge in [0, 0.05) is 16.7 Å². The Hall–Kier alpha value is -4.17. The molecule has 0 aliphatic rings. The fraction of sp³-hybridized carbons (Fsp3) is 0.121. The van der Waals surface area contributed by atoms with Crippen LogP contribution in [0.5, 0.6) is 5.75 Å². The second-order valence-electron chi connectivity index (χ2n) is 9.20. The molecule has 0 radical (unpaired) electrons. The average molecular weight is 456 g/mol. The molecule has 5 aromatic carbocycles. The summed E-state index contributed by atoms with van der Waals surface area (Å²) in [5, 5.41) is 13.4. The van der Waals surface area contributed by atoms with Crippen LogP contribution in [0.1, 0.15) is 33.4 Å². The summed E-state index contributed by atoms with van der Waals surface area (Å²) < 4.78 is 0. The van der Waals surface area contributed by atoms with Crippen molar-refractivity contribution in [1.82, 2.24) is 0 Å². The SMILES string of the molecule is Cc1cc(C)c(-c2c(CN=C(c3ccccc3)c3ccccc3)ccc3ccc(C)cc23)c(O)c1. The quantitative estimate of drug-likeness (QED) is 0.266. The third-order valence-corrected chi connectivity index (χ3v) is 6.47. The summed E-state index contributed by atoms with van der Waals surface area (Å²) in [4.78, 5) is 5.16. The predicted octanol–water partition coefficient (Wildman–Crippen LogP) is 8.18. The summed E-state index contributed by atoms with van der Waals surface area (Å²) in [6, 6.07) is 35.5. The molecule has 5 aromatic rings. The van der Waals surface area contributed by atoms with Crippen molar-refractivity contribution in [2.45, 2.75) is 27.3 Å². The summed E-state index contributed by atoms with van der Waals surface area (Å²) in [6.07, 6.45) is 0. The van der Waals surface area contributed by atoms with Crippen LogP contribution >= 0.6 is 0 Å². The van der Waals surface area contributed by atoms with Gasteiger partial charge in [-0.25, -0.2) is 0 Å². The Bertz CT molecular complexity index is 1470. The van der Waals surface area contributed by atoms with E-state index in [4.69, 9.17) is 4.99 Å². The summed E-state index contributed by atoms with van der Waals surface area (Å²) in [6.45, 7) is 6.70. The molecule has 0 saturated carbocycles. The monoisotopic (exact) mass is 455 g/mol. The van der Waals surface area contributed by atoms with Gasteiger partial charge in [-0.05, 0) is 59.9 Å². The number of phenols is 1. The molecule has 2 heteroatoms. The number of hydrogen-bond donors (Lipinski definition) is 1. The zero-order valence-corrected chi connectivity index (χ0v) is 20.4. The lowest BCUT2D eigenvalue weighted by molar-refractivity contribution is 0.476. The van der Waals surface area contributed by atoms with E-state index in [2.05, 4.69) is 74.5 Å². The van der Waals surface area contributed by atoms with E-state index in [1.54, 1.807) is 0 Å². The van der Waals surface area contributed by atoms with Crippen LogP contribution in [0, 0.1) is 20.8 Å². The molecule has 0 saturated heterocycles. The minimum Gasteiger partial charge on any atom is -0.507 e. The van der Waals surface area contributed by atoms with Crippen LogP contribution in [-0.2, 0) is 6.54 Å². The molecule has 0 heterocycles. The number of aliphatic imine (C=N–C) groups is 1. The Kier molecular flexibility index (Phi) is 6.20. The molecule has 0 atom stereocenters. The van der Waals surface area contributed by atoms with Gasteiger partial charge in [0.05, 0.1) is 12.3 Å². The number of fused-ring (bicyclic) bond motifs is 1. The maximum Gasteiger partial charge on any atom is 0.123 e. The molecule has 2 nitrogen and oxygen atoms in total. The van der Waals surface area contributed by atoms with E-state index >= 15 is 0 Å². The van der Waals surface area contributed by atoms with E-state index in [9.17, 15) is 5.11 Å². The standard InChI is InChI=1S/C33H29NO/c1-22-14-15-25-16-17-28(32(29(25)19-22)31-24(3)18-23(2)20-30(31)35)21-34-33(26-10-6-4-7-11-26)27-12-8-5-9-13-27/h4-20,35H,21H2,1-3H3. The molecule has 172 valence electrons. The van der Waals surface area contributed by atoms with Crippen LogP contribution in [0.25, 0.3) is 21.9 Å². The first kappa shape index (κ1) is 22.6. The smallest absolute Gasteiger partial charge is 0.123 e. The van der Waals surface area contributed by atoms with Crippen molar-refractivity contribution in [2.75, 3.05) is 0 Å². The number of aryl methyl sites for hydroxylation is 3. The largest absolute Gasteiger partial charge is 0.507 e. The summed E-state index contributed by atoms with van der Waals surface area (Å²) in [5.74, 6) is 0.313. The zero-order valence-electron chi connectivity index (χ0n) is 20.4. The van der Waals surface area contributed by atoms with E-state index < -0.39 is 0 Å². The molecule has 0 aromatic heterocycles. The van der Waals surface area contributed by atoms with Crippen molar-refractivity contribution in [2.24, 2.45) is 4.99 Å². The molecule has 0 fully saturated rings. The zero-order chi connectivity index (χ0) is 24.4. The molecule has 1 N–H and O–H groups in total.